The van der Waals surface area contributed by atoms with E-state index in [0.717, 1.165) is 26.1 Å². The van der Waals surface area contributed by atoms with E-state index in [2.05, 4.69) is 10.3 Å². The van der Waals surface area contributed by atoms with Gasteiger partial charge in [0, 0.05) is 32.6 Å². The first-order valence-corrected chi connectivity index (χ1v) is 6.62. The molecule has 3 heterocycles. The van der Waals surface area contributed by atoms with Crippen molar-refractivity contribution < 1.29 is 9.21 Å². The van der Waals surface area contributed by atoms with Gasteiger partial charge in [-0.25, -0.2) is 4.98 Å². The fourth-order valence-electron chi connectivity index (χ4n) is 3.18. The third-order valence-electron chi connectivity index (χ3n) is 4.04. The molecule has 0 aromatic carbocycles. The Hall–Kier alpha value is -1.36. The van der Waals surface area contributed by atoms with Gasteiger partial charge >= 0.3 is 0 Å². The van der Waals surface area contributed by atoms with E-state index in [1.165, 1.54) is 6.42 Å². The average Bonchev–Trinajstić information content (AvgIpc) is 2.94. The Labute approximate surface area is 107 Å². The van der Waals surface area contributed by atoms with Crippen LogP contribution in [0.15, 0.2) is 4.42 Å². The van der Waals surface area contributed by atoms with Gasteiger partial charge in [-0.15, -0.1) is 0 Å². The lowest BCUT2D eigenvalue weighted by Crippen LogP contribution is -2.48. The summed E-state index contributed by atoms with van der Waals surface area (Å²) in [5.41, 5.74) is 0.700. The molecule has 0 aliphatic carbocycles. The Morgan fingerprint density at radius 2 is 2.28 bits per heavy atom. The number of nitrogens with one attached hydrogen (secondary N) is 1. The number of carbonyl (C=O) groups excluding carboxylic acids is 1. The maximum atomic E-state index is 12.5. The minimum Gasteiger partial charge on any atom is -0.436 e. The number of rotatable bonds is 1. The van der Waals surface area contributed by atoms with Crippen LogP contribution in [0.5, 0.6) is 0 Å². The fraction of sp³-hybridized carbons (Fsp3) is 0.692. The second-order valence-electron chi connectivity index (χ2n) is 5.27. The van der Waals surface area contributed by atoms with Crippen LogP contribution in [-0.2, 0) is 0 Å². The largest absolute Gasteiger partial charge is 0.436 e. The number of hydrogen-bond acceptors (Lipinski definition) is 4. The van der Waals surface area contributed by atoms with E-state index in [-0.39, 0.29) is 5.91 Å². The molecule has 5 heteroatoms. The average molecular weight is 249 g/mol. The van der Waals surface area contributed by atoms with Crippen LogP contribution in [0, 0.1) is 19.8 Å². The first-order chi connectivity index (χ1) is 8.66. The maximum Gasteiger partial charge on any atom is 0.291 e. The van der Waals surface area contributed by atoms with E-state index in [9.17, 15) is 4.79 Å². The highest BCUT2D eigenvalue weighted by molar-refractivity contribution is 5.92. The van der Waals surface area contributed by atoms with Gasteiger partial charge in [-0.2, -0.15) is 0 Å². The molecule has 2 fully saturated rings. The summed E-state index contributed by atoms with van der Waals surface area (Å²) >= 11 is 0. The number of likely N-dealkylation sites (tertiary alicyclic amines) is 1. The molecular weight excluding hydrogens is 230 g/mol. The van der Waals surface area contributed by atoms with Gasteiger partial charge in [-0.1, -0.05) is 0 Å². The Kier molecular flexibility index (Phi) is 2.86. The summed E-state index contributed by atoms with van der Waals surface area (Å²) < 4.78 is 5.46. The predicted octanol–water partition coefficient (Wildman–Crippen LogP) is 1.12. The summed E-state index contributed by atoms with van der Waals surface area (Å²) in [6, 6.07) is 0.330. The van der Waals surface area contributed by atoms with Crippen LogP contribution in [0.1, 0.15) is 35.0 Å². The molecule has 2 unspecified atom stereocenters. The minimum atomic E-state index is 0.00602. The summed E-state index contributed by atoms with van der Waals surface area (Å²) in [5.74, 6) is 1.59. The van der Waals surface area contributed by atoms with Crippen LogP contribution in [0.25, 0.3) is 0 Å². The molecule has 0 saturated carbocycles. The van der Waals surface area contributed by atoms with Crippen molar-refractivity contribution in [3.05, 3.63) is 17.3 Å². The van der Waals surface area contributed by atoms with Crippen molar-refractivity contribution in [3.63, 3.8) is 0 Å². The van der Waals surface area contributed by atoms with Gasteiger partial charge < -0.3 is 14.6 Å². The Morgan fingerprint density at radius 1 is 1.44 bits per heavy atom. The van der Waals surface area contributed by atoms with E-state index < -0.39 is 0 Å². The SMILES string of the molecule is Cc1nc(C)c(C(=O)N2CCCC3CNCC32)o1. The van der Waals surface area contributed by atoms with Crippen molar-refractivity contribution in [2.24, 2.45) is 5.92 Å². The Morgan fingerprint density at radius 3 is 3.00 bits per heavy atom. The molecule has 0 spiro atoms. The smallest absolute Gasteiger partial charge is 0.291 e. The minimum absolute atomic E-state index is 0.00602. The summed E-state index contributed by atoms with van der Waals surface area (Å²) in [4.78, 5) is 18.7. The quantitative estimate of drug-likeness (QED) is 0.810. The zero-order chi connectivity index (χ0) is 12.7. The molecule has 1 aromatic heterocycles. The van der Waals surface area contributed by atoms with Crippen LogP contribution in [0.3, 0.4) is 0 Å². The molecule has 3 rings (SSSR count). The molecule has 2 aliphatic rings. The highest BCUT2D eigenvalue weighted by atomic mass is 16.4. The van der Waals surface area contributed by atoms with Gasteiger partial charge in [0.2, 0.25) is 5.76 Å². The number of amides is 1. The third kappa shape index (κ3) is 1.82. The molecule has 1 N–H and O–H groups in total. The number of carbonyl (C=O) groups is 1. The lowest BCUT2D eigenvalue weighted by atomic mass is 9.92. The molecular formula is C13H19N3O2. The highest BCUT2D eigenvalue weighted by Crippen LogP contribution is 2.28. The van der Waals surface area contributed by atoms with Crippen LogP contribution < -0.4 is 5.32 Å². The van der Waals surface area contributed by atoms with E-state index >= 15 is 0 Å². The number of nitrogens with zero attached hydrogens (tertiary/aromatic N) is 2. The van der Waals surface area contributed by atoms with Crippen molar-refractivity contribution in [1.29, 1.82) is 0 Å². The van der Waals surface area contributed by atoms with Crippen LogP contribution in [-0.4, -0.2) is 41.5 Å². The van der Waals surface area contributed by atoms with Crippen molar-refractivity contribution >= 4 is 5.91 Å². The first kappa shape index (κ1) is 11.7. The van der Waals surface area contributed by atoms with Crippen molar-refractivity contribution in [1.82, 2.24) is 15.2 Å². The molecule has 1 amide bonds. The van der Waals surface area contributed by atoms with E-state index in [0.29, 0.717) is 29.3 Å². The van der Waals surface area contributed by atoms with Gasteiger partial charge in [0.25, 0.3) is 5.91 Å². The molecule has 2 atom stereocenters. The lowest BCUT2D eigenvalue weighted by molar-refractivity contribution is 0.0540. The van der Waals surface area contributed by atoms with Gasteiger partial charge in [0.15, 0.2) is 5.89 Å². The van der Waals surface area contributed by atoms with E-state index in [1.54, 1.807) is 6.92 Å². The number of aryl methyl sites for hydroxylation is 2. The monoisotopic (exact) mass is 249 g/mol. The normalized spacial score (nSPS) is 27.3. The molecule has 98 valence electrons. The van der Waals surface area contributed by atoms with Crippen molar-refractivity contribution in [2.75, 3.05) is 19.6 Å². The van der Waals surface area contributed by atoms with Crippen LogP contribution >= 0.6 is 0 Å². The second-order valence-corrected chi connectivity index (χ2v) is 5.27. The Bertz CT molecular complexity index is 469. The van der Waals surface area contributed by atoms with Gasteiger partial charge in [-0.3, -0.25) is 4.79 Å². The number of fused-ring (bicyclic) bond motifs is 1. The highest BCUT2D eigenvalue weighted by Gasteiger charge is 2.38. The first-order valence-electron chi connectivity index (χ1n) is 6.62. The number of aromatic nitrogens is 1. The summed E-state index contributed by atoms with van der Waals surface area (Å²) in [6.07, 6.45) is 2.30. The maximum absolute atomic E-state index is 12.5. The standard InChI is InChI=1S/C13H19N3O2/c1-8-12(18-9(2)15-8)13(17)16-5-3-4-10-6-14-7-11(10)16/h10-11,14H,3-7H2,1-2H3. The number of oxazole rings is 1. The Balaban J connectivity index is 1.85. The lowest BCUT2D eigenvalue weighted by Gasteiger charge is -2.36. The molecule has 2 saturated heterocycles. The number of piperidine rings is 1. The van der Waals surface area contributed by atoms with E-state index in [1.807, 2.05) is 11.8 Å². The van der Waals surface area contributed by atoms with Gasteiger partial charge in [0.1, 0.15) is 0 Å². The fourth-order valence-corrected chi connectivity index (χ4v) is 3.18. The number of hydrogen-bond donors (Lipinski definition) is 1. The zero-order valence-electron chi connectivity index (χ0n) is 10.9. The van der Waals surface area contributed by atoms with Crippen LogP contribution in [0.2, 0.25) is 0 Å². The van der Waals surface area contributed by atoms with Gasteiger partial charge in [-0.05, 0) is 25.7 Å². The van der Waals surface area contributed by atoms with Crippen molar-refractivity contribution in [2.45, 2.75) is 32.7 Å². The summed E-state index contributed by atoms with van der Waals surface area (Å²) in [5, 5.41) is 3.38. The molecule has 1 aromatic rings. The molecule has 5 nitrogen and oxygen atoms in total. The summed E-state index contributed by atoms with van der Waals surface area (Å²) in [7, 11) is 0. The molecule has 18 heavy (non-hydrogen) atoms. The summed E-state index contributed by atoms with van der Waals surface area (Å²) in [6.45, 7) is 6.38. The zero-order valence-corrected chi connectivity index (χ0v) is 10.9. The predicted molar refractivity (Wildman–Crippen MR) is 66.4 cm³/mol. The third-order valence-corrected chi connectivity index (χ3v) is 4.04. The molecule has 2 aliphatic heterocycles. The second kappa shape index (κ2) is 4.39. The molecule has 0 radical (unpaired) electrons. The van der Waals surface area contributed by atoms with E-state index in [4.69, 9.17) is 4.42 Å². The van der Waals surface area contributed by atoms with Crippen molar-refractivity contribution in [3.8, 4) is 0 Å². The van der Waals surface area contributed by atoms with Crippen LogP contribution in [0.4, 0.5) is 0 Å². The molecule has 0 bridgehead atoms. The topological polar surface area (TPSA) is 58.4 Å². The van der Waals surface area contributed by atoms with Gasteiger partial charge in [0.05, 0.1) is 5.69 Å².